The number of esters is 1. The van der Waals surface area contributed by atoms with E-state index in [1.807, 2.05) is 19.1 Å². The Morgan fingerprint density at radius 1 is 1.07 bits per heavy atom. The van der Waals surface area contributed by atoms with Gasteiger partial charge in [0, 0.05) is 12.3 Å². The molecule has 0 N–H and O–H groups in total. The van der Waals surface area contributed by atoms with E-state index in [0.29, 0.717) is 6.61 Å². The van der Waals surface area contributed by atoms with Gasteiger partial charge in [-0.3, -0.25) is 4.79 Å². The third-order valence-electron chi connectivity index (χ3n) is 5.08. The molecule has 0 aliphatic rings. The molecule has 0 amide bonds. The summed E-state index contributed by atoms with van der Waals surface area (Å²) < 4.78 is 16.7. The van der Waals surface area contributed by atoms with Crippen LogP contribution in [0.15, 0.2) is 36.4 Å². The average Bonchev–Trinajstić information content (AvgIpc) is 2.70. The maximum absolute atomic E-state index is 11.1. The van der Waals surface area contributed by atoms with Gasteiger partial charge in [-0.1, -0.05) is 38.1 Å². The van der Waals surface area contributed by atoms with Gasteiger partial charge in [0.1, 0.15) is 24.2 Å². The molecule has 0 aromatic heterocycles. The van der Waals surface area contributed by atoms with Crippen molar-refractivity contribution >= 4 is 17.6 Å². The van der Waals surface area contributed by atoms with E-state index in [0.717, 1.165) is 22.6 Å². The first kappa shape index (κ1) is 24.1. The number of halogens is 1. The Bertz CT molecular complexity index is 860. The van der Waals surface area contributed by atoms with Crippen LogP contribution < -0.4 is 9.47 Å². The van der Waals surface area contributed by atoms with Crippen molar-refractivity contribution in [2.45, 2.75) is 46.1 Å². The highest BCUT2D eigenvalue weighted by Crippen LogP contribution is 2.36. The third kappa shape index (κ3) is 6.15. The number of aryl methyl sites for hydroxylation is 2. The van der Waals surface area contributed by atoms with Crippen molar-refractivity contribution in [1.29, 1.82) is 0 Å². The van der Waals surface area contributed by atoms with Gasteiger partial charge in [-0.05, 0) is 61.6 Å². The second-order valence-corrected chi connectivity index (χ2v) is 8.19. The fraction of sp³-hybridized carbons (Fsp3) is 0.400. The largest absolute Gasteiger partial charge is 0.493 e. The highest BCUT2D eigenvalue weighted by Gasteiger charge is 2.25. The molecule has 30 heavy (non-hydrogen) atoms. The number of hydrogen-bond donors (Lipinski definition) is 0. The molecule has 4 nitrogen and oxygen atoms in total. The monoisotopic (exact) mass is 430 g/mol. The molecule has 5 heteroatoms. The predicted octanol–water partition coefficient (Wildman–Crippen LogP) is 5.60. The van der Waals surface area contributed by atoms with Crippen LogP contribution in [0.5, 0.6) is 11.5 Å². The van der Waals surface area contributed by atoms with Crippen LogP contribution in [0.1, 0.15) is 43.0 Å². The smallest absolute Gasteiger partial charge is 0.303 e. The number of rotatable bonds is 10. The number of carbonyl (C=O) groups excluding carboxylic acids is 1. The van der Waals surface area contributed by atoms with Gasteiger partial charge in [0.15, 0.2) is 0 Å². The van der Waals surface area contributed by atoms with Gasteiger partial charge in [-0.2, -0.15) is 0 Å². The van der Waals surface area contributed by atoms with Crippen molar-refractivity contribution in [2.75, 3.05) is 19.1 Å². The Morgan fingerprint density at radius 3 is 2.03 bits per heavy atom. The number of hydrogen-bond acceptors (Lipinski definition) is 4. The average molecular weight is 431 g/mol. The molecule has 162 valence electrons. The quantitative estimate of drug-likeness (QED) is 0.363. The van der Waals surface area contributed by atoms with Crippen LogP contribution in [0.2, 0.25) is 0 Å². The predicted molar refractivity (Wildman–Crippen MR) is 121 cm³/mol. The van der Waals surface area contributed by atoms with Crippen LogP contribution in [0, 0.1) is 27.2 Å². The van der Waals surface area contributed by atoms with Crippen LogP contribution in [0.25, 0.3) is 0 Å². The summed E-state index contributed by atoms with van der Waals surface area (Å²) in [6.45, 7) is 14.2. The highest BCUT2D eigenvalue weighted by atomic mass is 35.5. The Morgan fingerprint density at radius 2 is 1.60 bits per heavy atom. The van der Waals surface area contributed by atoms with Gasteiger partial charge in [0.2, 0.25) is 0 Å². The van der Waals surface area contributed by atoms with Crippen molar-refractivity contribution in [1.82, 2.24) is 0 Å². The van der Waals surface area contributed by atoms with Gasteiger partial charge in [-0.15, -0.1) is 11.6 Å². The molecule has 0 fully saturated rings. The minimum absolute atomic E-state index is 0.190. The lowest BCUT2D eigenvalue weighted by molar-refractivity contribution is -0.146. The molecule has 0 saturated heterocycles. The van der Waals surface area contributed by atoms with Gasteiger partial charge < -0.3 is 14.2 Å². The normalized spacial score (nSPS) is 12.4. The molecule has 0 aliphatic carbocycles. The van der Waals surface area contributed by atoms with E-state index < -0.39 is 6.10 Å². The molecule has 2 rings (SSSR count). The summed E-state index contributed by atoms with van der Waals surface area (Å²) in [5, 5.41) is 0. The molecule has 2 aromatic carbocycles. The Kier molecular flexibility index (Phi) is 8.60. The molecular formula is C25H31ClO4. The first-order valence-electron chi connectivity index (χ1n) is 10.0. The van der Waals surface area contributed by atoms with E-state index in [2.05, 4.69) is 52.0 Å². The summed E-state index contributed by atoms with van der Waals surface area (Å²) in [5.41, 5.74) is 4.30. The molecule has 2 aromatic rings. The molecule has 0 saturated carbocycles. The summed E-state index contributed by atoms with van der Waals surface area (Å²) in [7, 11) is 0. The SMILES string of the molecule is [CH2][CH]COc1ccc(C(C)(C)c2ccc(OC[C@H](CCl)OC(C)=O)c(C)c2)cc1C. The van der Waals surface area contributed by atoms with Crippen molar-refractivity contribution in [3.05, 3.63) is 72.0 Å². The third-order valence-corrected chi connectivity index (χ3v) is 5.42. The van der Waals surface area contributed by atoms with Crippen LogP contribution >= 0.6 is 11.6 Å². The van der Waals surface area contributed by atoms with Crippen LogP contribution in [0.3, 0.4) is 0 Å². The summed E-state index contributed by atoms with van der Waals surface area (Å²) in [5.74, 6) is 1.45. The number of carbonyl (C=O) groups is 1. The molecule has 1 atom stereocenters. The van der Waals surface area contributed by atoms with Crippen molar-refractivity contribution in [3.8, 4) is 11.5 Å². The van der Waals surface area contributed by atoms with Gasteiger partial charge >= 0.3 is 5.97 Å². The summed E-state index contributed by atoms with van der Waals surface area (Å²) in [6, 6.07) is 12.5. The van der Waals surface area contributed by atoms with Gasteiger partial charge in [-0.25, -0.2) is 0 Å². The fourth-order valence-corrected chi connectivity index (χ4v) is 3.40. The van der Waals surface area contributed by atoms with E-state index in [-0.39, 0.29) is 23.9 Å². The number of alkyl halides is 1. The molecule has 0 spiro atoms. The Labute approximate surface area is 185 Å². The lowest BCUT2D eigenvalue weighted by atomic mass is 9.77. The second-order valence-electron chi connectivity index (χ2n) is 7.88. The lowest BCUT2D eigenvalue weighted by Gasteiger charge is -2.28. The van der Waals surface area contributed by atoms with Gasteiger partial charge in [0.25, 0.3) is 0 Å². The van der Waals surface area contributed by atoms with Crippen LogP contribution in [-0.2, 0) is 14.9 Å². The molecule has 0 unspecified atom stereocenters. The number of ether oxygens (including phenoxy) is 3. The summed E-state index contributed by atoms with van der Waals surface area (Å²) in [4.78, 5) is 11.1. The zero-order valence-electron chi connectivity index (χ0n) is 18.5. The molecule has 0 heterocycles. The van der Waals surface area contributed by atoms with Gasteiger partial charge in [0.05, 0.1) is 12.5 Å². The van der Waals surface area contributed by atoms with Crippen molar-refractivity contribution in [2.24, 2.45) is 0 Å². The van der Waals surface area contributed by atoms with E-state index in [1.54, 1.807) is 6.42 Å². The first-order valence-corrected chi connectivity index (χ1v) is 10.5. The zero-order valence-corrected chi connectivity index (χ0v) is 19.2. The molecular weight excluding hydrogens is 400 g/mol. The second kappa shape index (κ2) is 10.7. The maximum atomic E-state index is 11.1. The van der Waals surface area contributed by atoms with E-state index in [1.165, 1.54) is 18.1 Å². The molecule has 2 radical (unpaired) electrons. The Hall–Kier alpha value is -2.20. The van der Waals surface area contributed by atoms with Crippen LogP contribution in [-0.4, -0.2) is 31.2 Å². The minimum atomic E-state index is -0.468. The van der Waals surface area contributed by atoms with Crippen molar-refractivity contribution < 1.29 is 19.0 Å². The standard InChI is InChI=1S/C25H31ClO4/c1-7-12-28-23-10-8-20(13-17(23)2)25(5,6)21-9-11-24(18(3)14-21)29-16-22(15-26)30-19(4)27/h7-11,13-14,22H,1,12,15-16H2,2-6H3/t22-/m0/s1. The van der Waals surface area contributed by atoms with E-state index in [4.69, 9.17) is 25.8 Å². The molecule has 0 aliphatic heterocycles. The fourth-order valence-electron chi connectivity index (χ4n) is 3.24. The maximum Gasteiger partial charge on any atom is 0.303 e. The first-order chi connectivity index (χ1) is 14.2. The van der Waals surface area contributed by atoms with E-state index in [9.17, 15) is 4.79 Å². The number of benzene rings is 2. The Balaban J connectivity index is 2.17. The molecule has 0 bridgehead atoms. The highest BCUT2D eigenvalue weighted by molar-refractivity contribution is 6.18. The van der Waals surface area contributed by atoms with Crippen molar-refractivity contribution in [3.63, 3.8) is 0 Å². The topological polar surface area (TPSA) is 44.8 Å². The minimum Gasteiger partial charge on any atom is -0.493 e. The lowest BCUT2D eigenvalue weighted by Crippen LogP contribution is -2.26. The van der Waals surface area contributed by atoms with Crippen LogP contribution in [0.4, 0.5) is 0 Å². The summed E-state index contributed by atoms with van der Waals surface area (Å²) >= 11 is 5.85. The van der Waals surface area contributed by atoms with E-state index >= 15 is 0 Å². The zero-order chi connectivity index (χ0) is 22.3. The summed E-state index contributed by atoms with van der Waals surface area (Å²) in [6.07, 6.45) is 1.27.